The van der Waals surface area contributed by atoms with Crippen LogP contribution in [-0.2, 0) is 9.59 Å². The molecule has 2 bridgehead atoms. The van der Waals surface area contributed by atoms with Gasteiger partial charge in [-0.3, -0.25) is 4.79 Å². The van der Waals surface area contributed by atoms with E-state index in [1.54, 1.807) is 12.1 Å². The van der Waals surface area contributed by atoms with Gasteiger partial charge in [0.1, 0.15) is 0 Å². The number of benzene rings is 1. The van der Waals surface area contributed by atoms with Gasteiger partial charge in [-0.05, 0) is 55.4 Å². The molecule has 0 saturated heterocycles. The Morgan fingerprint density at radius 1 is 1.10 bits per heavy atom. The summed E-state index contributed by atoms with van der Waals surface area (Å²) in [6, 6.07) is 7.27. The van der Waals surface area contributed by atoms with E-state index in [1.807, 2.05) is 12.1 Å². The van der Waals surface area contributed by atoms with Crippen LogP contribution in [0.5, 0.6) is 0 Å². The molecular weight excluding hydrogens is 322 g/mol. The van der Waals surface area contributed by atoms with Crippen LogP contribution in [0.1, 0.15) is 19.3 Å². The van der Waals surface area contributed by atoms with Gasteiger partial charge in [0.15, 0.2) is 0 Å². The SMILES string of the molecule is O=C(Nc1ccc(Br)cc1)[C@@H]1[C@@H]2CC[C@@H](C2)[C@@H]1C(=O)[O-]. The minimum atomic E-state index is -1.08. The molecule has 3 rings (SSSR count). The molecule has 20 heavy (non-hydrogen) atoms. The van der Waals surface area contributed by atoms with Crippen molar-refractivity contribution in [2.24, 2.45) is 23.7 Å². The number of fused-ring (bicyclic) bond motifs is 2. The Hall–Kier alpha value is -1.36. The van der Waals surface area contributed by atoms with Gasteiger partial charge in [0.05, 0.1) is 0 Å². The molecule has 0 aliphatic heterocycles. The lowest BCUT2D eigenvalue weighted by Gasteiger charge is -2.30. The maximum absolute atomic E-state index is 12.4. The zero-order chi connectivity index (χ0) is 14.3. The van der Waals surface area contributed by atoms with Gasteiger partial charge >= 0.3 is 0 Å². The monoisotopic (exact) mass is 336 g/mol. The van der Waals surface area contributed by atoms with Gasteiger partial charge in [-0.15, -0.1) is 0 Å². The van der Waals surface area contributed by atoms with Crippen LogP contribution in [-0.4, -0.2) is 11.9 Å². The molecule has 1 aromatic carbocycles. The first kappa shape index (κ1) is 13.6. The summed E-state index contributed by atoms with van der Waals surface area (Å²) in [7, 11) is 0. The summed E-state index contributed by atoms with van der Waals surface area (Å²) in [5.41, 5.74) is 0.693. The quantitative estimate of drug-likeness (QED) is 0.914. The second-order valence-electron chi connectivity index (χ2n) is 5.70. The summed E-state index contributed by atoms with van der Waals surface area (Å²) < 4.78 is 0.933. The van der Waals surface area contributed by atoms with Crippen LogP contribution in [0, 0.1) is 23.7 Å². The lowest BCUT2D eigenvalue weighted by atomic mass is 9.78. The predicted molar refractivity (Wildman–Crippen MR) is 75.6 cm³/mol. The van der Waals surface area contributed by atoms with Gasteiger partial charge in [0.2, 0.25) is 5.91 Å². The van der Waals surface area contributed by atoms with Crippen LogP contribution < -0.4 is 10.4 Å². The first-order chi connectivity index (χ1) is 9.56. The molecule has 0 unspecified atom stereocenters. The van der Waals surface area contributed by atoms with Crippen molar-refractivity contribution >= 4 is 33.5 Å². The highest BCUT2D eigenvalue weighted by Crippen LogP contribution is 2.52. The number of carbonyl (C=O) groups excluding carboxylic acids is 2. The van der Waals surface area contributed by atoms with Crippen molar-refractivity contribution in [2.75, 3.05) is 5.32 Å². The Labute approximate surface area is 125 Å². The Balaban J connectivity index is 1.76. The van der Waals surface area contributed by atoms with Crippen LogP contribution in [0.2, 0.25) is 0 Å². The lowest BCUT2D eigenvalue weighted by Crippen LogP contribution is -2.43. The number of halogens is 1. The van der Waals surface area contributed by atoms with Crippen LogP contribution in [0.3, 0.4) is 0 Å². The maximum Gasteiger partial charge on any atom is 0.228 e. The molecule has 2 aliphatic rings. The standard InChI is InChI=1S/C15H16BrNO3/c16-10-3-5-11(6-4-10)17-14(18)12-8-1-2-9(7-8)13(12)15(19)20/h3-6,8-9,12-13H,1-2,7H2,(H,17,18)(H,19,20)/p-1/t8-,9+,12-,13+/m1/s1. The van der Waals surface area contributed by atoms with Crippen LogP contribution in [0.15, 0.2) is 28.7 Å². The van der Waals surface area contributed by atoms with Crippen molar-refractivity contribution < 1.29 is 14.7 Å². The normalized spacial score (nSPS) is 31.2. The number of aliphatic carboxylic acids is 1. The molecule has 106 valence electrons. The molecule has 1 N–H and O–H groups in total. The Morgan fingerprint density at radius 3 is 2.30 bits per heavy atom. The van der Waals surface area contributed by atoms with Crippen LogP contribution in [0.4, 0.5) is 5.69 Å². The van der Waals surface area contributed by atoms with E-state index < -0.39 is 17.8 Å². The lowest BCUT2D eigenvalue weighted by molar-refractivity contribution is -0.314. The third-order valence-electron chi connectivity index (χ3n) is 4.60. The van der Waals surface area contributed by atoms with E-state index in [0.717, 1.165) is 23.7 Å². The van der Waals surface area contributed by atoms with E-state index >= 15 is 0 Å². The highest BCUT2D eigenvalue weighted by atomic mass is 79.9. The second kappa shape index (κ2) is 5.20. The maximum atomic E-state index is 12.4. The van der Waals surface area contributed by atoms with E-state index in [1.165, 1.54) is 0 Å². The number of carboxylic acids is 1. The Morgan fingerprint density at radius 2 is 1.70 bits per heavy atom. The van der Waals surface area contributed by atoms with Gasteiger partial charge in [-0.2, -0.15) is 0 Å². The Bertz CT molecular complexity index is 543. The number of carbonyl (C=O) groups is 2. The van der Waals surface area contributed by atoms with Gasteiger partial charge < -0.3 is 15.2 Å². The van der Waals surface area contributed by atoms with E-state index in [0.29, 0.717) is 5.69 Å². The zero-order valence-electron chi connectivity index (χ0n) is 10.8. The number of nitrogens with one attached hydrogen (secondary N) is 1. The molecule has 4 nitrogen and oxygen atoms in total. The molecule has 2 saturated carbocycles. The number of hydrogen-bond acceptors (Lipinski definition) is 3. The predicted octanol–water partition coefficient (Wildman–Crippen LogP) is 1.80. The molecule has 2 aliphatic carbocycles. The average Bonchev–Trinajstić information content (AvgIpc) is 3.01. The molecule has 1 aromatic rings. The smallest absolute Gasteiger partial charge is 0.228 e. The Kier molecular flexibility index (Phi) is 3.54. The van der Waals surface area contributed by atoms with Gasteiger partial charge in [0.25, 0.3) is 0 Å². The summed E-state index contributed by atoms with van der Waals surface area (Å²) in [4.78, 5) is 23.7. The van der Waals surface area contributed by atoms with Crippen LogP contribution >= 0.6 is 15.9 Å². The van der Waals surface area contributed by atoms with Crippen molar-refractivity contribution in [2.45, 2.75) is 19.3 Å². The van der Waals surface area contributed by atoms with Crippen molar-refractivity contribution in [1.29, 1.82) is 0 Å². The number of carboxylic acid groups (broad SMARTS) is 1. The summed E-state index contributed by atoms with van der Waals surface area (Å²) in [5.74, 6) is -2.02. The third-order valence-corrected chi connectivity index (χ3v) is 5.13. The molecule has 0 aromatic heterocycles. The fourth-order valence-electron chi connectivity index (χ4n) is 3.77. The minimum Gasteiger partial charge on any atom is -0.550 e. The van der Waals surface area contributed by atoms with E-state index in [9.17, 15) is 14.7 Å². The number of hydrogen-bond donors (Lipinski definition) is 1. The number of rotatable bonds is 3. The second-order valence-corrected chi connectivity index (χ2v) is 6.62. The molecule has 0 spiro atoms. The summed E-state index contributed by atoms with van der Waals surface area (Å²) in [6.45, 7) is 0. The van der Waals surface area contributed by atoms with Gasteiger partial charge in [-0.1, -0.05) is 15.9 Å². The first-order valence-corrected chi connectivity index (χ1v) is 7.63. The summed E-state index contributed by atoms with van der Waals surface area (Å²) >= 11 is 3.33. The van der Waals surface area contributed by atoms with Crippen molar-refractivity contribution in [3.05, 3.63) is 28.7 Å². The topological polar surface area (TPSA) is 69.2 Å². The van der Waals surface area contributed by atoms with Crippen molar-refractivity contribution in [1.82, 2.24) is 0 Å². The number of anilines is 1. The van der Waals surface area contributed by atoms with Crippen molar-refractivity contribution in [3.8, 4) is 0 Å². The summed E-state index contributed by atoms with van der Waals surface area (Å²) in [6.07, 6.45) is 2.70. The molecule has 2 fully saturated rings. The third kappa shape index (κ3) is 2.35. The highest BCUT2D eigenvalue weighted by molar-refractivity contribution is 9.10. The molecule has 1 amide bonds. The first-order valence-electron chi connectivity index (χ1n) is 6.83. The zero-order valence-corrected chi connectivity index (χ0v) is 12.4. The van der Waals surface area contributed by atoms with Crippen LogP contribution in [0.25, 0.3) is 0 Å². The van der Waals surface area contributed by atoms with Crippen molar-refractivity contribution in [3.63, 3.8) is 0 Å². The minimum absolute atomic E-state index is 0.116. The van der Waals surface area contributed by atoms with Gasteiger partial charge in [-0.25, -0.2) is 0 Å². The molecule has 0 heterocycles. The fourth-order valence-corrected chi connectivity index (χ4v) is 4.03. The largest absolute Gasteiger partial charge is 0.550 e. The molecule has 5 heteroatoms. The van der Waals surface area contributed by atoms with E-state index in [2.05, 4.69) is 21.2 Å². The summed E-state index contributed by atoms with van der Waals surface area (Å²) in [5, 5.41) is 14.1. The molecular formula is C15H15BrNO3-. The van der Waals surface area contributed by atoms with E-state index in [4.69, 9.17) is 0 Å². The molecule has 0 radical (unpaired) electrons. The molecule has 4 atom stereocenters. The average molecular weight is 337 g/mol. The fraction of sp³-hybridized carbons (Fsp3) is 0.467. The number of amides is 1. The van der Waals surface area contributed by atoms with E-state index in [-0.39, 0.29) is 17.7 Å². The van der Waals surface area contributed by atoms with Gasteiger partial charge in [0, 0.05) is 28.0 Å². The highest BCUT2D eigenvalue weighted by Gasteiger charge is 2.51.